The molecule has 0 amide bonds. The molecule has 2 aromatic carbocycles. The fraction of sp³-hybridized carbons (Fsp3) is 0.133. The van der Waals surface area contributed by atoms with Crippen LogP contribution in [0.25, 0.3) is 0 Å². The fourth-order valence-electron chi connectivity index (χ4n) is 2.16. The Morgan fingerprint density at radius 2 is 1.90 bits per heavy atom. The summed E-state index contributed by atoms with van der Waals surface area (Å²) in [4.78, 5) is 11.2. The molecule has 0 saturated heterocycles. The molecule has 0 spiro atoms. The normalized spacial score (nSPS) is 13.2. The van der Waals surface area contributed by atoms with Gasteiger partial charge in [-0.05, 0) is 54.3 Å². The van der Waals surface area contributed by atoms with Crippen LogP contribution >= 0.6 is 0 Å². The minimum absolute atomic E-state index is 0.0280. The van der Waals surface area contributed by atoms with Gasteiger partial charge >= 0.3 is 7.12 Å². The van der Waals surface area contributed by atoms with Gasteiger partial charge in [-0.1, -0.05) is 6.07 Å². The number of ketones is 1. The first-order valence-corrected chi connectivity index (χ1v) is 6.35. The number of ether oxygens (including phenoxy) is 1. The fourth-order valence-corrected chi connectivity index (χ4v) is 2.16. The Labute approximate surface area is 117 Å². The van der Waals surface area contributed by atoms with Gasteiger partial charge in [0.25, 0.3) is 0 Å². The zero-order chi connectivity index (χ0) is 14.1. The Kier molecular flexibility index (Phi) is 3.30. The van der Waals surface area contributed by atoms with Crippen LogP contribution in [-0.4, -0.2) is 17.9 Å². The van der Waals surface area contributed by atoms with Crippen molar-refractivity contribution in [3.63, 3.8) is 0 Å². The number of hydrogen-bond donors (Lipinski definition) is 1. The topological polar surface area (TPSA) is 55.8 Å². The van der Waals surface area contributed by atoms with Crippen LogP contribution in [0.15, 0.2) is 42.5 Å². The molecule has 100 valence electrons. The summed E-state index contributed by atoms with van der Waals surface area (Å²) in [5.74, 6) is 1.37. The van der Waals surface area contributed by atoms with E-state index in [2.05, 4.69) is 0 Å². The Morgan fingerprint density at radius 1 is 1.20 bits per heavy atom. The molecule has 0 saturated carbocycles. The summed E-state index contributed by atoms with van der Waals surface area (Å²) < 4.78 is 10.9. The molecule has 1 N–H and O–H groups in total. The predicted molar refractivity (Wildman–Crippen MR) is 75.4 cm³/mol. The number of carbonyl (C=O) groups is 1. The molecule has 1 aliphatic rings. The van der Waals surface area contributed by atoms with Gasteiger partial charge in [0.1, 0.15) is 11.5 Å². The molecule has 20 heavy (non-hydrogen) atoms. The third-order valence-electron chi connectivity index (χ3n) is 3.27. The van der Waals surface area contributed by atoms with Gasteiger partial charge < -0.3 is 14.4 Å². The zero-order valence-electron chi connectivity index (χ0n) is 11.0. The monoisotopic (exact) mass is 268 g/mol. The second kappa shape index (κ2) is 5.11. The average molecular weight is 268 g/mol. The van der Waals surface area contributed by atoms with E-state index in [0.717, 1.165) is 11.0 Å². The lowest BCUT2D eigenvalue weighted by atomic mass is 9.80. The summed E-state index contributed by atoms with van der Waals surface area (Å²) >= 11 is 0. The van der Waals surface area contributed by atoms with Crippen molar-refractivity contribution in [3.8, 4) is 11.5 Å². The minimum Gasteiger partial charge on any atom is -0.457 e. The van der Waals surface area contributed by atoms with E-state index in [1.807, 2.05) is 6.07 Å². The van der Waals surface area contributed by atoms with Crippen molar-refractivity contribution in [2.75, 3.05) is 0 Å². The molecule has 1 aliphatic heterocycles. The van der Waals surface area contributed by atoms with E-state index in [1.165, 1.54) is 6.92 Å². The lowest BCUT2D eigenvalue weighted by molar-refractivity contribution is 0.101. The standard InChI is InChI=1S/C15H13BO4/c1-10(17)11-2-4-13(5-3-11)20-14-6-7-15-12(8-14)9-19-16(15)18/h2-8,18H,9H2,1H3. The summed E-state index contributed by atoms with van der Waals surface area (Å²) in [5, 5.41) is 9.55. The van der Waals surface area contributed by atoms with Crippen LogP contribution in [0.5, 0.6) is 11.5 Å². The third-order valence-corrected chi connectivity index (χ3v) is 3.27. The van der Waals surface area contributed by atoms with E-state index >= 15 is 0 Å². The number of benzene rings is 2. The highest BCUT2D eigenvalue weighted by Gasteiger charge is 2.27. The average Bonchev–Trinajstić information content (AvgIpc) is 2.81. The zero-order valence-corrected chi connectivity index (χ0v) is 11.0. The van der Waals surface area contributed by atoms with Crippen molar-refractivity contribution in [2.45, 2.75) is 13.5 Å². The highest BCUT2D eigenvalue weighted by Crippen LogP contribution is 2.24. The largest absolute Gasteiger partial charge is 0.491 e. The second-order valence-corrected chi connectivity index (χ2v) is 4.71. The van der Waals surface area contributed by atoms with Gasteiger partial charge in [-0.3, -0.25) is 4.79 Å². The number of carbonyl (C=O) groups excluding carboxylic acids is 1. The molecule has 0 radical (unpaired) electrons. The first-order chi connectivity index (χ1) is 9.63. The molecule has 4 nitrogen and oxygen atoms in total. The van der Waals surface area contributed by atoms with Gasteiger partial charge in [0.15, 0.2) is 5.78 Å². The SMILES string of the molecule is CC(=O)c1ccc(Oc2ccc3c(c2)COB3O)cc1. The highest BCUT2D eigenvalue weighted by molar-refractivity contribution is 6.61. The molecule has 3 rings (SSSR count). The van der Waals surface area contributed by atoms with Crippen molar-refractivity contribution in [3.05, 3.63) is 53.6 Å². The molecule has 0 unspecified atom stereocenters. The third kappa shape index (κ3) is 2.46. The van der Waals surface area contributed by atoms with Gasteiger partial charge in [-0.2, -0.15) is 0 Å². The summed E-state index contributed by atoms with van der Waals surface area (Å²) in [6.07, 6.45) is 0. The van der Waals surface area contributed by atoms with Crippen LogP contribution in [0.2, 0.25) is 0 Å². The Bertz CT molecular complexity index is 651. The van der Waals surface area contributed by atoms with E-state index < -0.39 is 7.12 Å². The number of Topliss-reactive ketones (excluding diaryl/α,β-unsaturated/α-hetero) is 1. The first kappa shape index (κ1) is 12.9. The molecule has 5 heteroatoms. The van der Waals surface area contributed by atoms with Crippen LogP contribution in [0, 0.1) is 0 Å². The summed E-state index contributed by atoms with van der Waals surface area (Å²) in [5.41, 5.74) is 2.36. The molecule has 1 heterocycles. The summed E-state index contributed by atoms with van der Waals surface area (Å²) in [6.45, 7) is 1.92. The summed E-state index contributed by atoms with van der Waals surface area (Å²) in [6, 6.07) is 12.4. The lowest BCUT2D eigenvalue weighted by Gasteiger charge is -2.07. The lowest BCUT2D eigenvalue weighted by Crippen LogP contribution is -2.27. The maximum absolute atomic E-state index is 11.2. The molecule has 0 aromatic heterocycles. The number of fused-ring (bicyclic) bond motifs is 1. The quantitative estimate of drug-likeness (QED) is 0.682. The van der Waals surface area contributed by atoms with Crippen molar-refractivity contribution in [1.29, 1.82) is 0 Å². The van der Waals surface area contributed by atoms with E-state index in [4.69, 9.17) is 9.39 Å². The molecule has 2 aromatic rings. The van der Waals surface area contributed by atoms with Gasteiger partial charge in [0.05, 0.1) is 6.61 Å². The maximum Gasteiger partial charge on any atom is 0.491 e. The summed E-state index contributed by atoms with van der Waals surface area (Å²) in [7, 11) is -0.839. The van der Waals surface area contributed by atoms with Crippen LogP contribution in [0.1, 0.15) is 22.8 Å². The van der Waals surface area contributed by atoms with Crippen molar-refractivity contribution in [2.24, 2.45) is 0 Å². The molecular formula is C15H13BO4. The van der Waals surface area contributed by atoms with Gasteiger partial charge in [-0.15, -0.1) is 0 Å². The van der Waals surface area contributed by atoms with Crippen molar-refractivity contribution < 1.29 is 19.2 Å². The van der Waals surface area contributed by atoms with E-state index in [9.17, 15) is 9.82 Å². The minimum atomic E-state index is -0.839. The van der Waals surface area contributed by atoms with E-state index in [-0.39, 0.29) is 5.78 Å². The Hall–Kier alpha value is -2.11. The van der Waals surface area contributed by atoms with Gasteiger partial charge in [0, 0.05) is 5.56 Å². The molecule has 0 aliphatic carbocycles. The Balaban J connectivity index is 1.79. The first-order valence-electron chi connectivity index (χ1n) is 6.35. The van der Waals surface area contributed by atoms with Crippen LogP contribution in [0.4, 0.5) is 0 Å². The molecule has 0 atom stereocenters. The van der Waals surface area contributed by atoms with Crippen molar-refractivity contribution in [1.82, 2.24) is 0 Å². The number of hydrogen-bond acceptors (Lipinski definition) is 4. The number of rotatable bonds is 3. The van der Waals surface area contributed by atoms with Crippen LogP contribution < -0.4 is 10.2 Å². The van der Waals surface area contributed by atoms with Crippen LogP contribution in [-0.2, 0) is 11.3 Å². The smallest absolute Gasteiger partial charge is 0.457 e. The van der Waals surface area contributed by atoms with Gasteiger partial charge in [-0.25, -0.2) is 0 Å². The predicted octanol–water partition coefficient (Wildman–Crippen LogP) is 1.90. The Morgan fingerprint density at radius 3 is 2.60 bits per heavy atom. The van der Waals surface area contributed by atoms with Crippen LogP contribution in [0.3, 0.4) is 0 Å². The van der Waals surface area contributed by atoms with Crippen molar-refractivity contribution >= 4 is 18.4 Å². The molecule has 0 fully saturated rings. The molecular weight excluding hydrogens is 255 g/mol. The van der Waals surface area contributed by atoms with E-state index in [0.29, 0.717) is 23.7 Å². The maximum atomic E-state index is 11.2. The van der Waals surface area contributed by atoms with Gasteiger partial charge in [0.2, 0.25) is 0 Å². The second-order valence-electron chi connectivity index (χ2n) is 4.71. The van der Waals surface area contributed by atoms with E-state index in [1.54, 1.807) is 36.4 Å². The highest BCUT2D eigenvalue weighted by atomic mass is 16.5. The molecule has 0 bridgehead atoms.